The molecule has 0 aliphatic rings. The van der Waals surface area contributed by atoms with Gasteiger partial charge in [-0.3, -0.25) is 0 Å². The summed E-state index contributed by atoms with van der Waals surface area (Å²) in [4.78, 5) is 11.2. The molecule has 0 radical (unpaired) electrons. The van der Waals surface area contributed by atoms with Gasteiger partial charge < -0.3 is 9.67 Å². The second kappa shape index (κ2) is 7.47. The van der Waals surface area contributed by atoms with E-state index in [1.165, 1.54) is 6.08 Å². The molecule has 4 nitrogen and oxygen atoms in total. The molecule has 3 rings (SSSR count). The van der Waals surface area contributed by atoms with Crippen molar-refractivity contribution in [1.29, 1.82) is 5.26 Å². The van der Waals surface area contributed by atoms with Crippen LogP contribution in [0.15, 0.2) is 48.2 Å². The Bertz CT molecular complexity index is 1180. The van der Waals surface area contributed by atoms with E-state index in [0.29, 0.717) is 22.1 Å². The van der Waals surface area contributed by atoms with E-state index in [0.717, 1.165) is 23.2 Å². The van der Waals surface area contributed by atoms with E-state index < -0.39 is 23.3 Å². The summed E-state index contributed by atoms with van der Waals surface area (Å²) >= 11 is 0. The van der Waals surface area contributed by atoms with Crippen molar-refractivity contribution in [2.75, 3.05) is 0 Å². The van der Waals surface area contributed by atoms with E-state index in [1.807, 2.05) is 19.1 Å². The molecule has 29 heavy (non-hydrogen) atoms. The Morgan fingerprint density at radius 1 is 1.17 bits per heavy atom. The Hall–Kier alpha value is -3.53. The topological polar surface area (TPSA) is 66.0 Å². The van der Waals surface area contributed by atoms with Crippen LogP contribution < -0.4 is 0 Å². The first-order chi connectivity index (χ1) is 13.6. The first-order valence-electron chi connectivity index (χ1n) is 8.71. The Balaban J connectivity index is 2.14. The molecule has 0 atom stereocenters. The Labute approximate surface area is 165 Å². The minimum atomic E-state index is -4.44. The number of hydrogen-bond donors (Lipinski definition) is 1. The van der Waals surface area contributed by atoms with Gasteiger partial charge in [0.25, 0.3) is 0 Å². The van der Waals surface area contributed by atoms with Crippen molar-refractivity contribution in [3.63, 3.8) is 0 Å². The van der Waals surface area contributed by atoms with Crippen LogP contribution in [0.2, 0.25) is 0 Å². The predicted octanol–water partition coefficient (Wildman–Crippen LogP) is 5.32. The van der Waals surface area contributed by atoms with Gasteiger partial charge in [-0.1, -0.05) is 23.8 Å². The van der Waals surface area contributed by atoms with E-state index in [4.69, 9.17) is 10.4 Å². The number of aliphatic carboxylic acids is 1. The maximum atomic E-state index is 13.2. The lowest BCUT2D eigenvalue weighted by molar-refractivity contribution is -0.137. The number of hydrogen-bond acceptors (Lipinski definition) is 2. The van der Waals surface area contributed by atoms with Gasteiger partial charge in [-0.15, -0.1) is 0 Å². The van der Waals surface area contributed by atoms with Gasteiger partial charge in [0.15, 0.2) is 0 Å². The van der Waals surface area contributed by atoms with Crippen LogP contribution in [0.5, 0.6) is 0 Å². The molecule has 148 valence electrons. The summed E-state index contributed by atoms with van der Waals surface area (Å²) in [5.74, 6) is -1.34. The maximum absolute atomic E-state index is 13.2. The summed E-state index contributed by atoms with van der Waals surface area (Å²) in [6.07, 6.45) is -1.51. The van der Waals surface area contributed by atoms with Crippen molar-refractivity contribution < 1.29 is 23.1 Å². The lowest BCUT2D eigenvalue weighted by Gasteiger charge is -2.12. The first kappa shape index (κ1) is 20.2. The zero-order valence-electron chi connectivity index (χ0n) is 15.7. The molecule has 2 aromatic carbocycles. The summed E-state index contributed by atoms with van der Waals surface area (Å²) in [6, 6.07) is 11.1. The van der Waals surface area contributed by atoms with Crippen LogP contribution in [0, 0.1) is 25.2 Å². The summed E-state index contributed by atoms with van der Waals surface area (Å²) in [7, 11) is 0. The van der Waals surface area contributed by atoms with Gasteiger partial charge in [-0.25, -0.2) is 4.79 Å². The molecule has 0 aliphatic carbocycles. The van der Waals surface area contributed by atoms with Crippen LogP contribution in [0.25, 0.3) is 17.0 Å². The van der Waals surface area contributed by atoms with E-state index >= 15 is 0 Å². The highest BCUT2D eigenvalue weighted by atomic mass is 19.4. The van der Waals surface area contributed by atoms with Gasteiger partial charge in [0, 0.05) is 29.2 Å². The van der Waals surface area contributed by atoms with Crippen LogP contribution in [0.4, 0.5) is 13.2 Å². The Kier molecular flexibility index (Phi) is 5.21. The Morgan fingerprint density at radius 2 is 1.90 bits per heavy atom. The van der Waals surface area contributed by atoms with Crippen LogP contribution in [0.1, 0.15) is 27.8 Å². The number of carboxylic acids is 1. The second-order valence-corrected chi connectivity index (χ2v) is 6.91. The number of halogens is 3. The number of benzene rings is 2. The van der Waals surface area contributed by atoms with Gasteiger partial charge in [0.1, 0.15) is 11.6 Å². The van der Waals surface area contributed by atoms with Gasteiger partial charge >= 0.3 is 12.1 Å². The number of fused-ring (bicyclic) bond motifs is 1. The fourth-order valence-corrected chi connectivity index (χ4v) is 3.29. The monoisotopic (exact) mass is 398 g/mol. The summed E-state index contributed by atoms with van der Waals surface area (Å²) in [5, 5.41) is 18.9. The molecule has 0 amide bonds. The molecule has 1 N–H and O–H groups in total. The Morgan fingerprint density at radius 3 is 2.52 bits per heavy atom. The summed E-state index contributed by atoms with van der Waals surface area (Å²) < 4.78 is 41.2. The molecule has 1 heterocycles. The minimum absolute atomic E-state index is 0.174. The fraction of sp³-hybridized carbons (Fsp3) is 0.182. The number of alkyl halides is 3. The molecule has 3 aromatic rings. The third kappa shape index (κ3) is 4.32. The normalized spacial score (nSPS) is 12.2. The zero-order valence-corrected chi connectivity index (χ0v) is 15.7. The number of aromatic nitrogens is 1. The molecule has 0 aliphatic heterocycles. The van der Waals surface area contributed by atoms with E-state index in [2.05, 4.69) is 0 Å². The van der Waals surface area contributed by atoms with Gasteiger partial charge in [0.2, 0.25) is 0 Å². The lowest BCUT2D eigenvalue weighted by atomic mass is 10.1. The van der Waals surface area contributed by atoms with Crippen LogP contribution in [-0.4, -0.2) is 15.6 Å². The third-order valence-corrected chi connectivity index (χ3v) is 4.54. The van der Waals surface area contributed by atoms with Crippen molar-refractivity contribution in [3.8, 4) is 6.07 Å². The number of aryl methyl sites for hydroxylation is 2. The van der Waals surface area contributed by atoms with Crippen molar-refractivity contribution >= 4 is 22.9 Å². The number of carbonyl (C=O) groups is 1. The maximum Gasteiger partial charge on any atom is 0.416 e. The van der Waals surface area contributed by atoms with Gasteiger partial charge in [-0.05, 0) is 49.2 Å². The zero-order chi connectivity index (χ0) is 21.3. The van der Waals surface area contributed by atoms with E-state index in [-0.39, 0.29) is 6.54 Å². The van der Waals surface area contributed by atoms with Crippen LogP contribution in [0.3, 0.4) is 0 Å². The quantitative estimate of drug-likeness (QED) is 0.478. The van der Waals surface area contributed by atoms with E-state index in [1.54, 1.807) is 35.9 Å². The number of rotatable bonds is 4. The highest BCUT2D eigenvalue weighted by Gasteiger charge is 2.30. The van der Waals surface area contributed by atoms with Crippen LogP contribution >= 0.6 is 0 Å². The SMILES string of the molecule is Cc1cc(Cn2cc(/C=C(\C#N)C(=O)O)c3ccc(C)cc32)cc(C(F)(F)F)c1. The van der Waals surface area contributed by atoms with Gasteiger partial charge in [-0.2, -0.15) is 18.4 Å². The highest BCUT2D eigenvalue weighted by Crippen LogP contribution is 2.31. The summed E-state index contributed by atoms with van der Waals surface area (Å²) in [5.41, 5.74) is 2.06. The molecule has 0 saturated heterocycles. The molecule has 0 fully saturated rings. The molecule has 0 unspecified atom stereocenters. The minimum Gasteiger partial charge on any atom is -0.477 e. The second-order valence-electron chi connectivity index (χ2n) is 6.91. The van der Waals surface area contributed by atoms with Crippen LogP contribution in [-0.2, 0) is 17.5 Å². The number of carboxylic acid groups (broad SMARTS) is 1. The lowest BCUT2D eigenvalue weighted by Crippen LogP contribution is -2.07. The average Bonchev–Trinajstić information content (AvgIpc) is 2.94. The molecule has 0 spiro atoms. The van der Waals surface area contributed by atoms with Crippen molar-refractivity contribution in [3.05, 3.63) is 76.0 Å². The molecule has 0 bridgehead atoms. The standard InChI is InChI=1S/C22H17F3N2O2/c1-13-3-4-19-17(9-16(10-26)21(28)29)12-27(20(19)7-13)11-15-5-14(2)6-18(8-15)22(23,24)25/h3-9,12H,11H2,1-2H3,(H,28,29)/b16-9+. The third-order valence-electron chi connectivity index (χ3n) is 4.54. The predicted molar refractivity (Wildman–Crippen MR) is 103 cm³/mol. The van der Waals surface area contributed by atoms with Gasteiger partial charge in [0.05, 0.1) is 5.56 Å². The molecule has 7 heteroatoms. The average molecular weight is 398 g/mol. The first-order valence-corrected chi connectivity index (χ1v) is 8.71. The van der Waals surface area contributed by atoms with Crippen molar-refractivity contribution in [2.45, 2.75) is 26.6 Å². The highest BCUT2D eigenvalue weighted by molar-refractivity contribution is 6.00. The number of nitriles is 1. The fourth-order valence-electron chi connectivity index (χ4n) is 3.29. The smallest absolute Gasteiger partial charge is 0.416 e. The van der Waals surface area contributed by atoms with Crippen molar-refractivity contribution in [2.24, 2.45) is 0 Å². The van der Waals surface area contributed by atoms with Crippen molar-refractivity contribution in [1.82, 2.24) is 4.57 Å². The molecule has 1 aromatic heterocycles. The number of nitrogens with zero attached hydrogens (tertiary/aromatic N) is 2. The molecular formula is C22H17F3N2O2. The molecular weight excluding hydrogens is 381 g/mol. The largest absolute Gasteiger partial charge is 0.477 e. The summed E-state index contributed by atoms with van der Waals surface area (Å²) in [6.45, 7) is 3.67. The molecule has 0 saturated carbocycles. The van der Waals surface area contributed by atoms with E-state index in [9.17, 15) is 18.0 Å².